The molecule has 0 bridgehead atoms. The van der Waals surface area contributed by atoms with Crippen molar-refractivity contribution in [2.45, 2.75) is 53.4 Å². The van der Waals surface area contributed by atoms with Gasteiger partial charge in [0.1, 0.15) is 0 Å². The lowest BCUT2D eigenvalue weighted by Gasteiger charge is -2.32. The Morgan fingerprint density at radius 2 is 2.11 bits per heavy atom. The number of rotatable bonds is 5. The number of likely N-dealkylation sites (tertiary alicyclic amines) is 1. The third-order valence-corrected chi connectivity index (χ3v) is 3.53. The van der Waals surface area contributed by atoms with Crippen LogP contribution >= 0.6 is 0 Å². The molecular weight excluding hydrogens is 226 g/mol. The van der Waals surface area contributed by atoms with E-state index in [0.29, 0.717) is 12.0 Å². The summed E-state index contributed by atoms with van der Waals surface area (Å²) in [5.41, 5.74) is 0.413. The summed E-state index contributed by atoms with van der Waals surface area (Å²) in [5, 5.41) is 0. The van der Waals surface area contributed by atoms with E-state index in [2.05, 4.69) is 25.7 Å². The summed E-state index contributed by atoms with van der Waals surface area (Å²) in [6.45, 7) is 12.4. The maximum atomic E-state index is 11.7. The van der Waals surface area contributed by atoms with Crippen LogP contribution in [0.1, 0.15) is 53.4 Å². The molecule has 1 aliphatic heterocycles. The molecule has 1 heterocycles. The lowest BCUT2D eigenvalue weighted by molar-refractivity contribution is -0.149. The van der Waals surface area contributed by atoms with E-state index < -0.39 is 0 Å². The number of esters is 1. The number of nitrogens with zero attached hydrogens (tertiary/aromatic N) is 1. The van der Waals surface area contributed by atoms with Crippen molar-refractivity contribution < 1.29 is 9.53 Å². The summed E-state index contributed by atoms with van der Waals surface area (Å²) < 4.78 is 5.12. The van der Waals surface area contributed by atoms with Gasteiger partial charge < -0.3 is 9.64 Å². The van der Waals surface area contributed by atoms with Gasteiger partial charge in [-0.1, -0.05) is 20.8 Å². The SMILES string of the molecule is CCOC(=O)[C@@H]1CCCN(CCCC(C)(C)C)C1. The fourth-order valence-electron chi connectivity index (χ4n) is 2.54. The lowest BCUT2D eigenvalue weighted by Crippen LogP contribution is -2.40. The second-order valence-corrected chi connectivity index (χ2v) is 6.56. The van der Waals surface area contributed by atoms with E-state index in [4.69, 9.17) is 4.74 Å². The monoisotopic (exact) mass is 255 g/mol. The summed E-state index contributed by atoms with van der Waals surface area (Å²) in [7, 11) is 0. The van der Waals surface area contributed by atoms with Crippen LogP contribution < -0.4 is 0 Å². The first-order chi connectivity index (χ1) is 8.42. The molecule has 3 nitrogen and oxygen atoms in total. The predicted octanol–water partition coefficient (Wildman–Crippen LogP) is 3.09. The first kappa shape index (κ1) is 15.5. The zero-order chi connectivity index (χ0) is 13.6. The molecule has 1 fully saturated rings. The van der Waals surface area contributed by atoms with Crippen LogP contribution in [0.25, 0.3) is 0 Å². The zero-order valence-electron chi connectivity index (χ0n) is 12.5. The minimum absolute atomic E-state index is 0.00183. The lowest BCUT2D eigenvalue weighted by atomic mass is 9.90. The number of ether oxygens (including phenoxy) is 1. The maximum absolute atomic E-state index is 11.7. The number of hydrogen-bond acceptors (Lipinski definition) is 3. The Hall–Kier alpha value is -0.570. The molecule has 0 aromatic carbocycles. The van der Waals surface area contributed by atoms with E-state index in [1.165, 1.54) is 12.8 Å². The van der Waals surface area contributed by atoms with Gasteiger partial charge in [-0.15, -0.1) is 0 Å². The molecule has 3 heteroatoms. The topological polar surface area (TPSA) is 29.5 Å². The van der Waals surface area contributed by atoms with E-state index >= 15 is 0 Å². The van der Waals surface area contributed by atoms with Gasteiger partial charge in [0.15, 0.2) is 0 Å². The largest absolute Gasteiger partial charge is 0.466 e. The van der Waals surface area contributed by atoms with Gasteiger partial charge in [0.05, 0.1) is 12.5 Å². The standard InChI is InChI=1S/C15H29NO2/c1-5-18-14(17)13-8-6-10-16(12-13)11-7-9-15(2,3)4/h13H,5-12H2,1-4H3/t13-/m1/s1. The average molecular weight is 255 g/mol. The van der Waals surface area contributed by atoms with Crippen molar-refractivity contribution in [3.05, 3.63) is 0 Å². The summed E-state index contributed by atoms with van der Waals surface area (Å²) in [6.07, 6.45) is 4.58. The molecule has 18 heavy (non-hydrogen) atoms. The Kier molecular flexibility index (Phi) is 6.13. The van der Waals surface area contributed by atoms with Crippen molar-refractivity contribution in [3.63, 3.8) is 0 Å². The quantitative estimate of drug-likeness (QED) is 0.707. The molecule has 0 spiro atoms. The molecule has 1 aliphatic rings. The van der Waals surface area contributed by atoms with Gasteiger partial charge in [0.2, 0.25) is 0 Å². The van der Waals surface area contributed by atoms with Crippen molar-refractivity contribution >= 4 is 5.97 Å². The van der Waals surface area contributed by atoms with E-state index in [9.17, 15) is 4.79 Å². The number of piperidine rings is 1. The van der Waals surface area contributed by atoms with Gasteiger partial charge in [-0.25, -0.2) is 0 Å². The highest BCUT2D eigenvalue weighted by Gasteiger charge is 2.26. The van der Waals surface area contributed by atoms with Crippen LogP contribution in [0.15, 0.2) is 0 Å². The Balaban J connectivity index is 2.28. The Bertz CT molecular complexity index is 258. The van der Waals surface area contributed by atoms with Crippen LogP contribution in [0.3, 0.4) is 0 Å². The molecule has 0 aromatic heterocycles. The van der Waals surface area contributed by atoms with Gasteiger partial charge >= 0.3 is 5.97 Å². The van der Waals surface area contributed by atoms with E-state index in [1.807, 2.05) is 6.92 Å². The molecular formula is C15H29NO2. The Morgan fingerprint density at radius 3 is 2.72 bits per heavy atom. The second-order valence-electron chi connectivity index (χ2n) is 6.56. The summed E-state index contributed by atoms with van der Waals surface area (Å²) in [5.74, 6) is 0.103. The van der Waals surface area contributed by atoms with Gasteiger partial charge in [-0.3, -0.25) is 4.79 Å². The highest BCUT2D eigenvalue weighted by Crippen LogP contribution is 2.22. The van der Waals surface area contributed by atoms with Crippen LogP contribution in [-0.4, -0.2) is 37.1 Å². The van der Waals surface area contributed by atoms with Crippen LogP contribution in [0.5, 0.6) is 0 Å². The molecule has 106 valence electrons. The normalized spacial score (nSPS) is 21.9. The third-order valence-electron chi connectivity index (χ3n) is 3.53. The summed E-state index contributed by atoms with van der Waals surface area (Å²) in [4.78, 5) is 14.2. The number of hydrogen-bond donors (Lipinski definition) is 0. The fourth-order valence-corrected chi connectivity index (χ4v) is 2.54. The maximum Gasteiger partial charge on any atom is 0.310 e. The smallest absolute Gasteiger partial charge is 0.310 e. The minimum atomic E-state index is -0.00183. The van der Waals surface area contributed by atoms with Gasteiger partial charge in [0, 0.05) is 6.54 Å². The minimum Gasteiger partial charge on any atom is -0.466 e. The number of carbonyl (C=O) groups is 1. The van der Waals surface area contributed by atoms with Gasteiger partial charge in [-0.2, -0.15) is 0 Å². The molecule has 0 unspecified atom stereocenters. The van der Waals surface area contributed by atoms with Gasteiger partial charge in [-0.05, 0) is 51.1 Å². The molecule has 0 aliphatic carbocycles. The summed E-state index contributed by atoms with van der Waals surface area (Å²) in [6, 6.07) is 0. The molecule has 0 N–H and O–H groups in total. The van der Waals surface area contributed by atoms with Crippen molar-refractivity contribution in [2.24, 2.45) is 11.3 Å². The highest BCUT2D eigenvalue weighted by atomic mass is 16.5. The fraction of sp³-hybridized carbons (Fsp3) is 0.933. The van der Waals surface area contributed by atoms with Crippen LogP contribution in [0.2, 0.25) is 0 Å². The molecule has 0 aromatic rings. The van der Waals surface area contributed by atoms with E-state index in [-0.39, 0.29) is 11.9 Å². The molecule has 0 amide bonds. The first-order valence-corrected chi connectivity index (χ1v) is 7.31. The molecule has 0 saturated carbocycles. The summed E-state index contributed by atoms with van der Waals surface area (Å²) >= 11 is 0. The van der Waals surface area contributed by atoms with E-state index in [0.717, 1.165) is 32.5 Å². The Labute approximate surface area is 112 Å². The first-order valence-electron chi connectivity index (χ1n) is 7.31. The molecule has 1 saturated heterocycles. The Morgan fingerprint density at radius 1 is 1.39 bits per heavy atom. The van der Waals surface area contributed by atoms with Gasteiger partial charge in [0.25, 0.3) is 0 Å². The van der Waals surface area contributed by atoms with Crippen molar-refractivity contribution in [1.82, 2.24) is 4.90 Å². The van der Waals surface area contributed by atoms with Crippen molar-refractivity contribution in [3.8, 4) is 0 Å². The van der Waals surface area contributed by atoms with Crippen molar-refractivity contribution in [1.29, 1.82) is 0 Å². The average Bonchev–Trinajstić information content (AvgIpc) is 2.28. The van der Waals surface area contributed by atoms with Crippen LogP contribution in [0.4, 0.5) is 0 Å². The second kappa shape index (κ2) is 7.13. The van der Waals surface area contributed by atoms with Crippen LogP contribution in [-0.2, 0) is 9.53 Å². The molecule has 1 atom stereocenters. The molecule has 0 radical (unpaired) electrons. The predicted molar refractivity (Wildman–Crippen MR) is 74.5 cm³/mol. The third kappa shape index (κ3) is 5.85. The zero-order valence-corrected chi connectivity index (χ0v) is 12.5. The molecule has 1 rings (SSSR count). The van der Waals surface area contributed by atoms with E-state index in [1.54, 1.807) is 0 Å². The van der Waals surface area contributed by atoms with Crippen LogP contribution in [0, 0.1) is 11.3 Å². The number of carbonyl (C=O) groups excluding carboxylic acids is 1. The highest BCUT2D eigenvalue weighted by molar-refractivity contribution is 5.72. The van der Waals surface area contributed by atoms with Crippen molar-refractivity contribution in [2.75, 3.05) is 26.2 Å².